The summed E-state index contributed by atoms with van der Waals surface area (Å²) in [6, 6.07) is 0.799. The lowest BCUT2D eigenvalue weighted by molar-refractivity contribution is 0.286. The number of aromatic nitrogens is 2. The number of nitrogens with zero attached hydrogens (tertiary/aromatic N) is 2. The molecule has 2 rings (SSSR count). The van der Waals surface area contributed by atoms with Gasteiger partial charge in [-0.3, -0.25) is 0 Å². The minimum absolute atomic E-state index is 0.300. The van der Waals surface area contributed by atoms with Gasteiger partial charge in [-0.15, -0.1) is 0 Å². The van der Waals surface area contributed by atoms with Crippen LogP contribution < -0.4 is 5.32 Å². The second-order valence-electron chi connectivity index (χ2n) is 5.42. The minimum Gasteiger partial charge on any atom is -0.335 e. The maximum atomic E-state index is 4.25. The molecule has 0 saturated heterocycles. The largest absolute Gasteiger partial charge is 0.335 e. The average molecular weight is 207 g/mol. The van der Waals surface area contributed by atoms with Gasteiger partial charge in [-0.2, -0.15) is 0 Å². The minimum atomic E-state index is 0.300. The lowest BCUT2D eigenvalue weighted by Crippen LogP contribution is -2.34. The summed E-state index contributed by atoms with van der Waals surface area (Å²) in [6.07, 6.45) is 6.66. The van der Waals surface area contributed by atoms with Gasteiger partial charge in [-0.1, -0.05) is 13.8 Å². The smallest absolute Gasteiger partial charge is 0.105 e. The van der Waals surface area contributed by atoms with Crippen LogP contribution >= 0.6 is 0 Å². The van der Waals surface area contributed by atoms with Crippen molar-refractivity contribution >= 4 is 0 Å². The van der Waals surface area contributed by atoms with Crippen LogP contribution in [0.1, 0.15) is 32.5 Å². The molecular weight excluding hydrogens is 186 g/mol. The summed E-state index contributed by atoms with van der Waals surface area (Å²) in [5.41, 5.74) is 0.300. The predicted molar refractivity (Wildman–Crippen MR) is 61.8 cm³/mol. The van der Waals surface area contributed by atoms with E-state index >= 15 is 0 Å². The van der Waals surface area contributed by atoms with Crippen LogP contribution in [0.3, 0.4) is 0 Å². The highest BCUT2D eigenvalue weighted by molar-refractivity contribution is 4.91. The molecule has 1 aromatic rings. The fourth-order valence-corrected chi connectivity index (χ4v) is 1.80. The van der Waals surface area contributed by atoms with Crippen molar-refractivity contribution in [1.82, 2.24) is 14.9 Å². The maximum absolute atomic E-state index is 4.25. The maximum Gasteiger partial charge on any atom is 0.105 e. The van der Waals surface area contributed by atoms with Crippen LogP contribution in [-0.4, -0.2) is 22.1 Å². The topological polar surface area (TPSA) is 29.9 Å². The molecule has 0 radical (unpaired) electrons. The van der Waals surface area contributed by atoms with Gasteiger partial charge in [-0.25, -0.2) is 4.98 Å². The fraction of sp³-hybridized carbons (Fsp3) is 0.750. The van der Waals surface area contributed by atoms with E-state index in [1.165, 1.54) is 12.8 Å². The van der Waals surface area contributed by atoms with Crippen molar-refractivity contribution in [3.05, 3.63) is 18.2 Å². The number of nitrogens with one attached hydrogen (secondary N) is 1. The Morgan fingerprint density at radius 1 is 1.53 bits per heavy atom. The Morgan fingerprint density at radius 3 is 2.80 bits per heavy atom. The van der Waals surface area contributed by atoms with Gasteiger partial charge < -0.3 is 9.88 Å². The first kappa shape index (κ1) is 10.7. The van der Waals surface area contributed by atoms with Gasteiger partial charge in [0.25, 0.3) is 0 Å². The van der Waals surface area contributed by atoms with Crippen LogP contribution in [0.2, 0.25) is 0 Å². The van der Waals surface area contributed by atoms with Gasteiger partial charge >= 0.3 is 0 Å². The Kier molecular flexibility index (Phi) is 2.83. The molecule has 3 nitrogen and oxygen atoms in total. The summed E-state index contributed by atoms with van der Waals surface area (Å²) < 4.78 is 2.23. The van der Waals surface area contributed by atoms with E-state index in [0.29, 0.717) is 5.41 Å². The highest BCUT2D eigenvalue weighted by Gasteiger charge is 2.25. The first-order valence-electron chi connectivity index (χ1n) is 5.78. The Balaban J connectivity index is 1.87. The molecule has 0 amide bonds. The van der Waals surface area contributed by atoms with Crippen LogP contribution in [0.5, 0.6) is 0 Å². The molecule has 84 valence electrons. The van der Waals surface area contributed by atoms with Crippen molar-refractivity contribution in [3.63, 3.8) is 0 Å². The Morgan fingerprint density at radius 2 is 2.27 bits per heavy atom. The first-order chi connectivity index (χ1) is 7.07. The second kappa shape index (κ2) is 3.97. The monoisotopic (exact) mass is 207 g/mol. The zero-order chi connectivity index (χ0) is 10.9. The SMILES string of the molecule is Cc1nccn1CC(C)(C)CNC1CC1. The van der Waals surface area contributed by atoms with E-state index in [2.05, 4.69) is 41.8 Å². The molecule has 0 unspecified atom stereocenters. The van der Waals surface area contributed by atoms with Crippen LogP contribution in [0, 0.1) is 12.3 Å². The zero-order valence-corrected chi connectivity index (χ0v) is 9.95. The number of rotatable bonds is 5. The number of imidazole rings is 1. The standard InChI is InChI=1S/C12H21N3/c1-10-13-6-7-15(10)9-12(2,3)8-14-11-4-5-11/h6-7,11,14H,4-5,8-9H2,1-3H3. The van der Waals surface area contributed by atoms with Crippen molar-refractivity contribution in [3.8, 4) is 0 Å². The number of hydrogen-bond acceptors (Lipinski definition) is 2. The summed E-state index contributed by atoms with van der Waals surface area (Å²) in [4.78, 5) is 4.25. The Hall–Kier alpha value is -0.830. The van der Waals surface area contributed by atoms with E-state index in [-0.39, 0.29) is 0 Å². The highest BCUT2D eigenvalue weighted by Crippen LogP contribution is 2.23. The fourth-order valence-electron chi connectivity index (χ4n) is 1.80. The molecule has 0 aliphatic heterocycles. The molecule has 1 aliphatic rings. The third-order valence-corrected chi connectivity index (χ3v) is 2.97. The summed E-state index contributed by atoms with van der Waals surface area (Å²) in [5.74, 6) is 1.11. The second-order valence-corrected chi connectivity index (χ2v) is 5.42. The molecule has 0 bridgehead atoms. The molecule has 15 heavy (non-hydrogen) atoms. The molecule has 0 aromatic carbocycles. The van der Waals surface area contributed by atoms with E-state index in [1.54, 1.807) is 0 Å². The molecule has 1 saturated carbocycles. The van der Waals surface area contributed by atoms with Crippen molar-refractivity contribution in [2.24, 2.45) is 5.41 Å². The molecular formula is C12H21N3. The predicted octanol–water partition coefficient (Wildman–Crippen LogP) is 1.97. The van der Waals surface area contributed by atoms with Crippen LogP contribution in [0.25, 0.3) is 0 Å². The first-order valence-corrected chi connectivity index (χ1v) is 5.78. The molecule has 0 atom stereocenters. The van der Waals surface area contributed by atoms with Gasteiger partial charge in [0.1, 0.15) is 5.82 Å². The lowest BCUT2D eigenvalue weighted by atomic mass is 9.93. The zero-order valence-electron chi connectivity index (χ0n) is 9.95. The van der Waals surface area contributed by atoms with E-state index in [9.17, 15) is 0 Å². The summed E-state index contributed by atoms with van der Waals surface area (Å²) in [6.45, 7) is 8.81. The van der Waals surface area contributed by atoms with E-state index in [1.807, 2.05) is 6.20 Å². The molecule has 1 N–H and O–H groups in total. The Bertz CT molecular complexity index is 323. The van der Waals surface area contributed by atoms with E-state index in [4.69, 9.17) is 0 Å². The molecule has 0 spiro atoms. The van der Waals surface area contributed by atoms with Crippen molar-refractivity contribution in [1.29, 1.82) is 0 Å². The number of hydrogen-bond donors (Lipinski definition) is 1. The van der Waals surface area contributed by atoms with E-state index in [0.717, 1.165) is 25.0 Å². The van der Waals surface area contributed by atoms with Crippen LogP contribution in [0.4, 0.5) is 0 Å². The summed E-state index contributed by atoms with van der Waals surface area (Å²) >= 11 is 0. The van der Waals surface area contributed by atoms with Gasteiger partial charge in [0.15, 0.2) is 0 Å². The summed E-state index contributed by atoms with van der Waals surface area (Å²) in [7, 11) is 0. The summed E-state index contributed by atoms with van der Waals surface area (Å²) in [5, 5.41) is 3.60. The Labute approximate surface area is 91.9 Å². The lowest BCUT2D eigenvalue weighted by Gasteiger charge is -2.26. The van der Waals surface area contributed by atoms with Gasteiger partial charge in [0.2, 0.25) is 0 Å². The van der Waals surface area contributed by atoms with Crippen molar-refractivity contribution < 1.29 is 0 Å². The highest BCUT2D eigenvalue weighted by atomic mass is 15.1. The van der Waals surface area contributed by atoms with Gasteiger partial charge in [0.05, 0.1) is 0 Å². The van der Waals surface area contributed by atoms with Gasteiger partial charge in [-0.05, 0) is 25.2 Å². The molecule has 1 heterocycles. The van der Waals surface area contributed by atoms with Crippen LogP contribution in [0.15, 0.2) is 12.4 Å². The van der Waals surface area contributed by atoms with E-state index < -0.39 is 0 Å². The van der Waals surface area contributed by atoms with Crippen LogP contribution in [-0.2, 0) is 6.54 Å². The molecule has 1 aromatic heterocycles. The third kappa shape index (κ3) is 3.06. The van der Waals surface area contributed by atoms with Gasteiger partial charge in [0, 0.05) is 31.5 Å². The third-order valence-electron chi connectivity index (χ3n) is 2.97. The van der Waals surface area contributed by atoms with Crippen molar-refractivity contribution in [2.45, 2.75) is 46.2 Å². The van der Waals surface area contributed by atoms with Crippen molar-refractivity contribution in [2.75, 3.05) is 6.54 Å². The molecule has 3 heteroatoms. The number of aryl methyl sites for hydroxylation is 1. The molecule has 1 fully saturated rings. The normalized spacial score (nSPS) is 17.0. The average Bonchev–Trinajstić information content (AvgIpc) is 2.90. The quantitative estimate of drug-likeness (QED) is 0.800. The molecule has 1 aliphatic carbocycles.